The molecule has 0 aliphatic carbocycles. The summed E-state index contributed by atoms with van der Waals surface area (Å²) in [5, 5.41) is 0. The molecule has 2 aromatic carbocycles. The van der Waals surface area contributed by atoms with Crippen LogP contribution in [0.3, 0.4) is 0 Å². The summed E-state index contributed by atoms with van der Waals surface area (Å²) in [7, 11) is 3.33. The summed E-state index contributed by atoms with van der Waals surface area (Å²) in [5.74, 6) is 2.55. The van der Waals surface area contributed by atoms with Gasteiger partial charge in [0, 0.05) is 28.0 Å². The first-order valence-corrected chi connectivity index (χ1v) is 6.90. The molecule has 0 unspecified atom stereocenters. The molecule has 0 atom stereocenters. The lowest BCUT2D eigenvalue weighted by Gasteiger charge is -2.09. The van der Waals surface area contributed by atoms with Gasteiger partial charge in [-0.3, -0.25) is 0 Å². The van der Waals surface area contributed by atoms with Crippen molar-refractivity contribution in [3.05, 3.63) is 48.0 Å². The van der Waals surface area contributed by atoms with Crippen LogP contribution in [-0.4, -0.2) is 14.2 Å². The first-order valence-electron chi connectivity index (χ1n) is 5.92. The van der Waals surface area contributed by atoms with Gasteiger partial charge in [0.1, 0.15) is 11.5 Å². The van der Waals surface area contributed by atoms with Crippen molar-refractivity contribution in [1.82, 2.24) is 0 Å². The highest BCUT2D eigenvalue weighted by Crippen LogP contribution is 2.30. The van der Waals surface area contributed by atoms with E-state index >= 15 is 0 Å². The Morgan fingerprint density at radius 3 is 2.37 bits per heavy atom. The van der Waals surface area contributed by atoms with Crippen molar-refractivity contribution >= 4 is 17.4 Å². The third kappa shape index (κ3) is 3.58. The van der Waals surface area contributed by atoms with Crippen LogP contribution in [0.4, 0.5) is 5.69 Å². The van der Waals surface area contributed by atoms with E-state index in [1.807, 2.05) is 42.5 Å². The summed E-state index contributed by atoms with van der Waals surface area (Å²) in [6.07, 6.45) is 0. The molecule has 3 nitrogen and oxygen atoms in total. The second-order valence-electron chi connectivity index (χ2n) is 4.04. The number of nitrogen functional groups attached to an aromatic ring is 1. The van der Waals surface area contributed by atoms with E-state index < -0.39 is 0 Å². The first-order chi connectivity index (χ1) is 9.22. The lowest BCUT2D eigenvalue weighted by molar-refractivity contribution is 0.411. The fourth-order valence-electron chi connectivity index (χ4n) is 1.71. The largest absolute Gasteiger partial charge is 0.497 e. The molecule has 2 aromatic rings. The minimum Gasteiger partial charge on any atom is -0.497 e. The van der Waals surface area contributed by atoms with E-state index in [2.05, 4.69) is 0 Å². The van der Waals surface area contributed by atoms with Crippen molar-refractivity contribution in [2.45, 2.75) is 10.6 Å². The zero-order valence-corrected chi connectivity index (χ0v) is 11.9. The van der Waals surface area contributed by atoms with Crippen LogP contribution in [0.1, 0.15) is 5.56 Å². The van der Waals surface area contributed by atoms with Crippen LogP contribution < -0.4 is 15.2 Å². The molecule has 2 N–H and O–H groups in total. The summed E-state index contributed by atoms with van der Waals surface area (Å²) in [5.41, 5.74) is 7.60. The summed E-state index contributed by atoms with van der Waals surface area (Å²) >= 11 is 1.75. The Morgan fingerprint density at radius 1 is 1.00 bits per heavy atom. The molecule has 4 heteroatoms. The fourth-order valence-corrected chi connectivity index (χ4v) is 2.60. The van der Waals surface area contributed by atoms with E-state index in [0.717, 1.165) is 28.5 Å². The maximum atomic E-state index is 5.74. The van der Waals surface area contributed by atoms with Crippen molar-refractivity contribution in [2.75, 3.05) is 20.0 Å². The summed E-state index contributed by atoms with van der Waals surface area (Å²) in [6.45, 7) is 0. The van der Waals surface area contributed by atoms with Crippen molar-refractivity contribution in [3.8, 4) is 11.5 Å². The van der Waals surface area contributed by atoms with Gasteiger partial charge in [-0.1, -0.05) is 6.07 Å². The van der Waals surface area contributed by atoms with E-state index in [0.29, 0.717) is 0 Å². The minimum absolute atomic E-state index is 0.718. The SMILES string of the molecule is COc1ccc(SCc2ccc(N)cc2OC)cc1. The molecule has 0 saturated heterocycles. The van der Waals surface area contributed by atoms with Crippen LogP contribution in [0.2, 0.25) is 0 Å². The average molecular weight is 275 g/mol. The van der Waals surface area contributed by atoms with Crippen molar-refractivity contribution in [1.29, 1.82) is 0 Å². The summed E-state index contributed by atoms with van der Waals surface area (Å²) < 4.78 is 10.5. The molecule has 100 valence electrons. The molecule has 0 bridgehead atoms. The highest BCUT2D eigenvalue weighted by molar-refractivity contribution is 7.98. The quantitative estimate of drug-likeness (QED) is 0.669. The van der Waals surface area contributed by atoms with E-state index in [1.54, 1.807) is 26.0 Å². The second kappa shape index (κ2) is 6.38. The Bertz CT molecular complexity index is 540. The smallest absolute Gasteiger partial charge is 0.124 e. The van der Waals surface area contributed by atoms with Gasteiger partial charge in [-0.05, 0) is 30.3 Å². The van der Waals surface area contributed by atoms with Gasteiger partial charge < -0.3 is 15.2 Å². The Morgan fingerprint density at radius 2 is 1.74 bits per heavy atom. The van der Waals surface area contributed by atoms with Crippen LogP contribution >= 0.6 is 11.8 Å². The number of methoxy groups -OCH3 is 2. The van der Waals surface area contributed by atoms with Crippen molar-refractivity contribution in [2.24, 2.45) is 0 Å². The van der Waals surface area contributed by atoms with Gasteiger partial charge in [0.05, 0.1) is 14.2 Å². The van der Waals surface area contributed by atoms with Gasteiger partial charge in [-0.2, -0.15) is 0 Å². The van der Waals surface area contributed by atoms with E-state index in [9.17, 15) is 0 Å². The standard InChI is InChI=1S/C15H17NO2S/c1-17-13-5-7-14(8-6-13)19-10-11-3-4-12(16)9-15(11)18-2/h3-9H,10,16H2,1-2H3. The molecule has 0 saturated carbocycles. The highest BCUT2D eigenvalue weighted by atomic mass is 32.2. The zero-order chi connectivity index (χ0) is 13.7. The van der Waals surface area contributed by atoms with Crippen LogP contribution in [0.15, 0.2) is 47.4 Å². The molecule has 0 aliphatic rings. The fraction of sp³-hybridized carbons (Fsp3) is 0.200. The Kier molecular flexibility index (Phi) is 4.58. The Balaban J connectivity index is 2.05. The molecule has 0 spiro atoms. The molecule has 0 aliphatic heterocycles. The number of nitrogens with two attached hydrogens (primary N) is 1. The van der Waals surface area contributed by atoms with Crippen molar-refractivity contribution < 1.29 is 9.47 Å². The monoisotopic (exact) mass is 275 g/mol. The average Bonchev–Trinajstić information content (AvgIpc) is 2.46. The number of hydrogen-bond donors (Lipinski definition) is 1. The molecular formula is C15H17NO2S. The first kappa shape index (κ1) is 13.6. The topological polar surface area (TPSA) is 44.5 Å². The van der Waals surface area contributed by atoms with E-state index in [4.69, 9.17) is 15.2 Å². The number of hydrogen-bond acceptors (Lipinski definition) is 4. The van der Waals surface area contributed by atoms with Crippen LogP contribution in [0.25, 0.3) is 0 Å². The van der Waals surface area contributed by atoms with Gasteiger partial charge in [-0.15, -0.1) is 11.8 Å². The third-order valence-corrected chi connectivity index (χ3v) is 3.83. The molecule has 0 aromatic heterocycles. The lowest BCUT2D eigenvalue weighted by atomic mass is 10.2. The number of thioether (sulfide) groups is 1. The van der Waals surface area contributed by atoms with E-state index in [1.165, 1.54) is 4.90 Å². The number of anilines is 1. The van der Waals surface area contributed by atoms with Gasteiger partial charge in [0.25, 0.3) is 0 Å². The molecule has 0 radical (unpaired) electrons. The van der Waals surface area contributed by atoms with Crippen LogP contribution in [-0.2, 0) is 5.75 Å². The Hall–Kier alpha value is -1.81. The summed E-state index contributed by atoms with van der Waals surface area (Å²) in [4.78, 5) is 1.19. The third-order valence-electron chi connectivity index (χ3n) is 2.76. The lowest BCUT2D eigenvalue weighted by Crippen LogP contribution is -1.93. The van der Waals surface area contributed by atoms with E-state index in [-0.39, 0.29) is 0 Å². The van der Waals surface area contributed by atoms with Gasteiger partial charge >= 0.3 is 0 Å². The molecule has 0 amide bonds. The highest BCUT2D eigenvalue weighted by Gasteiger charge is 2.04. The van der Waals surface area contributed by atoms with Crippen LogP contribution in [0, 0.1) is 0 Å². The Labute approximate surface area is 117 Å². The second-order valence-corrected chi connectivity index (χ2v) is 5.08. The predicted molar refractivity (Wildman–Crippen MR) is 80.0 cm³/mol. The maximum absolute atomic E-state index is 5.74. The number of ether oxygens (including phenoxy) is 2. The van der Waals surface area contributed by atoms with Gasteiger partial charge in [0.2, 0.25) is 0 Å². The van der Waals surface area contributed by atoms with Crippen LogP contribution in [0.5, 0.6) is 11.5 Å². The number of benzene rings is 2. The summed E-state index contributed by atoms with van der Waals surface area (Å²) in [6, 6.07) is 13.8. The van der Waals surface area contributed by atoms with Crippen molar-refractivity contribution in [3.63, 3.8) is 0 Å². The van der Waals surface area contributed by atoms with Gasteiger partial charge in [-0.25, -0.2) is 0 Å². The maximum Gasteiger partial charge on any atom is 0.124 e. The molecule has 0 heterocycles. The molecular weight excluding hydrogens is 258 g/mol. The molecule has 19 heavy (non-hydrogen) atoms. The zero-order valence-electron chi connectivity index (χ0n) is 11.1. The normalized spacial score (nSPS) is 10.2. The van der Waals surface area contributed by atoms with Gasteiger partial charge in [0.15, 0.2) is 0 Å². The minimum atomic E-state index is 0.718. The number of rotatable bonds is 5. The molecule has 0 fully saturated rings. The molecule has 2 rings (SSSR count). The predicted octanol–water partition coefficient (Wildman–Crippen LogP) is 3.58.